The number of hydrogen-bond acceptors (Lipinski definition) is 3. The Morgan fingerprint density at radius 2 is 2.08 bits per heavy atom. The zero-order valence-electron chi connectivity index (χ0n) is 13.2. The van der Waals surface area contributed by atoms with Crippen LogP contribution in [0.3, 0.4) is 0 Å². The van der Waals surface area contributed by atoms with Crippen LogP contribution in [0.25, 0.3) is 0 Å². The quantitative estimate of drug-likeness (QED) is 0.829. The van der Waals surface area contributed by atoms with Gasteiger partial charge in [0, 0.05) is 11.4 Å². The molecule has 2 aromatic rings. The first-order chi connectivity index (χ1) is 12.1. The van der Waals surface area contributed by atoms with E-state index in [9.17, 15) is 9.59 Å². The standard InChI is InChI=1S/C19H15ClN2O3/c1-2-9-21-18(23)14-5-3-4-6-15(14)22-19(24)17-11-12-10-13(20)7-8-16(12)25-17/h1,3-8,10,17H,9,11H2,(H,21,23)(H,22,24). The molecule has 0 radical (unpaired) electrons. The third-order valence-electron chi connectivity index (χ3n) is 3.77. The van der Waals surface area contributed by atoms with Crippen molar-refractivity contribution in [1.82, 2.24) is 5.32 Å². The van der Waals surface area contributed by atoms with Gasteiger partial charge in [0.25, 0.3) is 11.8 Å². The van der Waals surface area contributed by atoms with Gasteiger partial charge >= 0.3 is 0 Å². The summed E-state index contributed by atoms with van der Waals surface area (Å²) in [6.45, 7) is 0.114. The highest BCUT2D eigenvalue weighted by atomic mass is 35.5. The fraction of sp³-hybridized carbons (Fsp3) is 0.158. The van der Waals surface area contributed by atoms with Gasteiger partial charge in [0.1, 0.15) is 5.75 Å². The monoisotopic (exact) mass is 354 g/mol. The van der Waals surface area contributed by atoms with E-state index in [1.54, 1.807) is 42.5 Å². The van der Waals surface area contributed by atoms with Gasteiger partial charge in [0.05, 0.1) is 17.8 Å². The van der Waals surface area contributed by atoms with Gasteiger partial charge in [-0.15, -0.1) is 6.42 Å². The highest BCUT2D eigenvalue weighted by Crippen LogP contribution is 2.31. The molecule has 2 aromatic carbocycles. The van der Waals surface area contributed by atoms with Crippen LogP contribution in [0.5, 0.6) is 5.75 Å². The molecule has 0 spiro atoms. The van der Waals surface area contributed by atoms with Crippen molar-refractivity contribution in [1.29, 1.82) is 0 Å². The van der Waals surface area contributed by atoms with Crippen LogP contribution in [-0.4, -0.2) is 24.5 Å². The zero-order valence-corrected chi connectivity index (χ0v) is 14.0. The maximum Gasteiger partial charge on any atom is 0.265 e. The molecule has 1 aliphatic heterocycles. The van der Waals surface area contributed by atoms with Crippen LogP contribution in [0.15, 0.2) is 42.5 Å². The number of ether oxygens (including phenoxy) is 1. The molecule has 0 saturated heterocycles. The number of carbonyl (C=O) groups is 2. The predicted octanol–water partition coefficient (Wildman–Crippen LogP) is 2.65. The number of amides is 2. The second-order valence-electron chi connectivity index (χ2n) is 5.48. The van der Waals surface area contributed by atoms with Crippen molar-refractivity contribution in [3.63, 3.8) is 0 Å². The molecule has 25 heavy (non-hydrogen) atoms. The molecular formula is C19H15ClN2O3. The van der Waals surface area contributed by atoms with Crippen LogP contribution in [0, 0.1) is 12.3 Å². The molecule has 3 rings (SSSR count). The summed E-state index contributed by atoms with van der Waals surface area (Å²) in [5.74, 6) is 2.30. The molecule has 1 heterocycles. The fourth-order valence-corrected chi connectivity index (χ4v) is 2.79. The molecule has 0 fully saturated rings. The van der Waals surface area contributed by atoms with Crippen molar-refractivity contribution in [2.45, 2.75) is 12.5 Å². The Balaban J connectivity index is 1.72. The van der Waals surface area contributed by atoms with E-state index in [0.717, 1.165) is 5.56 Å². The molecule has 1 atom stereocenters. The number of nitrogens with one attached hydrogen (secondary N) is 2. The Labute approximate surface area is 150 Å². The maximum absolute atomic E-state index is 12.5. The molecule has 126 valence electrons. The van der Waals surface area contributed by atoms with Crippen LogP contribution in [0.4, 0.5) is 5.69 Å². The lowest BCUT2D eigenvalue weighted by atomic mass is 10.1. The smallest absolute Gasteiger partial charge is 0.265 e. The summed E-state index contributed by atoms with van der Waals surface area (Å²) in [6, 6.07) is 12.0. The number of hydrogen-bond donors (Lipinski definition) is 2. The minimum absolute atomic E-state index is 0.114. The fourth-order valence-electron chi connectivity index (χ4n) is 2.59. The van der Waals surface area contributed by atoms with Crippen molar-refractivity contribution in [3.05, 3.63) is 58.6 Å². The summed E-state index contributed by atoms with van der Waals surface area (Å²) < 4.78 is 5.66. The van der Waals surface area contributed by atoms with Gasteiger partial charge in [-0.1, -0.05) is 29.7 Å². The van der Waals surface area contributed by atoms with Gasteiger partial charge in [-0.25, -0.2) is 0 Å². The summed E-state index contributed by atoms with van der Waals surface area (Å²) in [6.07, 6.45) is 4.90. The predicted molar refractivity (Wildman–Crippen MR) is 95.8 cm³/mol. The minimum atomic E-state index is -0.671. The molecule has 1 aliphatic rings. The van der Waals surface area contributed by atoms with E-state index in [1.165, 1.54) is 0 Å². The van der Waals surface area contributed by atoms with Crippen LogP contribution >= 0.6 is 11.6 Å². The van der Waals surface area contributed by atoms with Crippen molar-refractivity contribution < 1.29 is 14.3 Å². The van der Waals surface area contributed by atoms with Gasteiger partial charge in [-0.2, -0.15) is 0 Å². The van der Waals surface area contributed by atoms with Gasteiger partial charge in [-0.3, -0.25) is 9.59 Å². The third-order valence-corrected chi connectivity index (χ3v) is 4.01. The number of anilines is 1. The normalized spacial score (nSPS) is 14.8. The number of terminal acetylenes is 1. The lowest BCUT2D eigenvalue weighted by Gasteiger charge is -2.14. The van der Waals surface area contributed by atoms with E-state index in [-0.39, 0.29) is 18.4 Å². The Morgan fingerprint density at radius 1 is 1.28 bits per heavy atom. The topological polar surface area (TPSA) is 67.4 Å². The van der Waals surface area contributed by atoms with Gasteiger partial charge in [-0.05, 0) is 35.9 Å². The van der Waals surface area contributed by atoms with Crippen molar-refractivity contribution in [2.75, 3.05) is 11.9 Å². The van der Waals surface area contributed by atoms with E-state index in [2.05, 4.69) is 16.6 Å². The summed E-state index contributed by atoms with van der Waals surface area (Å²) in [7, 11) is 0. The summed E-state index contributed by atoms with van der Waals surface area (Å²) in [5.41, 5.74) is 1.62. The number of benzene rings is 2. The third kappa shape index (κ3) is 3.76. The molecule has 0 aromatic heterocycles. The summed E-state index contributed by atoms with van der Waals surface area (Å²) in [5, 5.41) is 5.93. The maximum atomic E-state index is 12.5. The largest absolute Gasteiger partial charge is 0.480 e. The first kappa shape index (κ1) is 16.9. The zero-order chi connectivity index (χ0) is 17.8. The molecular weight excluding hydrogens is 340 g/mol. The van der Waals surface area contributed by atoms with Gasteiger partial charge in [0.2, 0.25) is 0 Å². The molecule has 5 nitrogen and oxygen atoms in total. The number of halogens is 1. The Bertz CT molecular complexity index is 873. The number of carbonyl (C=O) groups excluding carboxylic acids is 2. The Hall–Kier alpha value is -2.97. The van der Waals surface area contributed by atoms with E-state index in [1.807, 2.05) is 0 Å². The number of para-hydroxylation sites is 1. The van der Waals surface area contributed by atoms with Gasteiger partial charge in [0.15, 0.2) is 6.10 Å². The SMILES string of the molecule is C#CCNC(=O)c1ccccc1NC(=O)C1Cc2cc(Cl)ccc2O1. The average molecular weight is 355 g/mol. The second-order valence-corrected chi connectivity index (χ2v) is 5.92. The Kier molecular flexibility index (Phi) is 4.92. The number of rotatable bonds is 4. The molecule has 0 aliphatic carbocycles. The van der Waals surface area contributed by atoms with Crippen LogP contribution in [-0.2, 0) is 11.2 Å². The van der Waals surface area contributed by atoms with E-state index in [4.69, 9.17) is 22.8 Å². The molecule has 0 bridgehead atoms. The van der Waals surface area contributed by atoms with E-state index < -0.39 is 6.10 Å². The van der Waals surface area contributed by atoms with Crippen LogP contribution in [0.1, 0.15) is 15.9 Å². The van der Waals surface area contributed by atoms with Crippen molar-refractivity contribution >= 4 is 29.1 Å². The summed E-state index contributed by atoms with van der Waals surface area (Å²) >= 11 is 5.96. The lowest BCUT2D eigenvalue weighted by Crippen LogP contribution is -2.32. The minimum Gasteiger partial charge on any atom is -0.480 e. The summed E-state index contributed by atoms with van der Waals surface area (Å²) in [4.78, 5) is 24.7. The van der Waals surface area contributed by atoms with Crippen LogP contribution < -0.4 is 15.4 Å². The van der Waals surface area contributed by atoms with Gasteiger partial charge < -0.3 is 15.4 Å². The van der Waals surface area contributed by atoms with E-state index in [0.29, 0.717) is 28.4 Å². The Morgan fingerprint density at radius 3 is 2.88 bits per heavy atom. The first-order valence-electron chi connectivity index (χ1n) is 7.65. The highest BCUT2D eigenvalue weighted by molar-refractivity contribution is 6.30. The first-order valence-corrected chi connectivity index (χ1v) is 8.03. The number of fused-ring (bicyclic) bond motifs is 1. The highest BCUT2D eigenvalue weighted by Gasteiger charge is 2.29. The molecule has 1 unspecified atom stereocenters. The molecule has 0 saturated carbocycles. The molecule has 2 amide bonds. The second kappa shape index (κ2) is 7.29. The molecule has 2 N–H and O–H groups in total. The molecule has 6 heteroatoms. The van der Waals surface area contributed by atoms with Crippen molar-refractivity contribution in [3.8, 4) is 18.1 Å². The average Bonchev–Trinajstić information content (AvgIpc) is 3.03. The van der Waals surface area contributed by atoms with E-state index >= 15 is 0 Å². The van der Waals surface area contributed by atoms with Crippen molar-refractivity contribution in [2.24, 2.45) is 0 Å². The lowest BCUT2D eigenvalue weighted by molar-refractivity contribution is -0.122. The van der Waals surface area contributed by atoms with Crippen LogP contribution in [0.2, 0.25) is 5.02 Å².